The molecule has 0 spiro atoms. The largest absolute Gasteiger partial charge is 0.494 e. The van der Waals surface area contributed by atoms with E-state index in [9.17, 15) is 4.79 Å². The first kappa shape index (κ1) is 22.3. The zero-order chi connectivity index (χ0) is 21.1. The summed E-state index contributed by atoms with van der Waals surface area (Å²) in [6.07, 6.45) is 7.70. The Morgan fingerprint density at radius 2 is 1.97 bits per heavy atom. The number of carbonyl (C=O) groups is 1. The number of nitrogens with zero attached hydrogens (tertiary/aromatic N) is 1. The van der Waals surface area contributed by atoms with E-state index in [4.69, 9.17) is 20.6 Å². The third-order valence-corrected chi connectivity index (χ3v) is 4.19. The Morgan fingerprint density at radius 1 is 1.21 bits per heavy atom. The van der Waals surface area contributed by atoms with E-state index in [0.29, 0.717) is 34.7 Å². The van der Waals surface area contributed by atoms with Crippen LogP contribution in [0, 0.1) is 12.3 Å². The normalized spacial score (nSPS) is 10.4. The van der Waals surface area contributed by atoms with Crippen LogP contribution in [0.5, 0.6) is 17.2 Å². The van der Waals surface area contributed by atoms with Crippen LogP contribution in [0.2, 0.25) is 0 Å². The Balaban J connectivity index is 2.05. The molecular weight excluding hydrogens is 436 g/mol. The van der Waals surface area contributed by atoms with Gasteiger partial charge in [-0.15, -0.1) is 6.42 Å². The number of terminal acetylenes is 1. The molecule has 0 aliphatic rings. The third kappa shape index (κ3) is 6.84. The molecule has 0 aliphatic heterocycles. The average molecular weight is 459 g/mol. The molecule has 1 amide bonds. The Morgan fingerprint density at radius 3 is 2.62 bits per heavy atom. The molecule has 2 aromatic carbocycles. The van der Waals surface area contributed by atoms with Crippen molar-refractivity contribution in [3.63, 3.8) is 0 Å². The SMILES string of the molecule is C#CCOc1c(Br)cc(/C=N\NC(=O)c2ccc(OCCC)cc2)cc1OCC. The molecule has 29 heavy (non-hydrogen) atoms. The van der Waals surface area contributed by atoms with E-state index >= 15 is 0 Å². The van der Waals surface area contributed by atoms with Crippen molar-refractivity contribution in [3.8, 4) is 29.6 Å². The average Bonchev–Trinajstić information content (AvgIpc) is 2.72. The fraction of sp³-hybridized carbons (Fsp3) is 0.273. The van der Waals surface area contributed by atoms with Crippen molar-refractivity contribution < 1.29 is 19.0 Å². The van der Waals surface area contributed by atoms with Gasteiger partial charge in [0.2, 0.25) is 0 Å². The predicted octanol–water partition coefficient (Wildman–Crippen LogP) is 4.41. The van der Waals surface area contributed by atoms with Crippen LogP contribution in [-0.4, -0.2) is 31.9 Å². The van der Waals surface area contributed by atoms with E-state index in [-0.39, 0.29) is 12.5 Å². The first-order valence-electron chi connectivity index (χ1n) is 9.17. The van der Waals surface area contributed by atoms with E-state index < -0.39 is 0 Å². The van der Waals surface area contributed by atoms with Crippen LogP contribution in [-0.2, 0) is 0 Å². The lowest BCUT2D eigenvalue weighted by molar-refractivity contribution is 0.0955. The van der Waals surface area contributed by atoms with Gasteiger partial charge in [0, 0.05) is 5.56 Å². The van der Waals surface area contributed by atoms with Gasteiger partial charge in [0.05, 0.1) is 23.9 Å². The molecule has 0 radical (unpaired) electrons. The number of hydrogen-bond donors (Lipinski definition) is 1. The van der Waals surface area contributed by atoms with Gasteiger partial charge in [0.15, 0.2) is 11.5 Å². The summed E-state index contributed by atoms with van der Waals surface area (Å²) < 4.78 is 17.3. The monoisotopic (exact) mass is 458 g/mol. The summed E-state index contributed by atoms with van der Waals surface area (Å²) >= 11 is 3.45. The predicted molar refractivity (Wildman–Crippen MR) is 117 cm³/mol. The second-order valence-electron chi connectivity index (χ2n) is 5.83. The minimum Gasteiger partial charge on any atom is -0.494 e. The fourth-order valence-electron chi connectivity index (χ4n) is 2.33. The van der Waals surface area contributed by atoms with Crippen LogP contribution < -0.4 is 19.6 Å². The molecule has 2 rings (SSSR count). The van der Waals surface area contributed by atoms with Gasteiger partial charge in [-0.25, -0.2) is 5.43 Å². The van der Waals surface area contributed by atoms with Crippen molar-refractivity contribution in [2.24, 2.45) is 5.10 Å². The summed E-state index contributed by atoms with van der Waals surface area (Å²) in [6, 6.07) is 10.5. The van der Waals surface area contributed by atoms with Gasteiger partial charge in [-0.05, 0) is 71.2 Å². The van der Waals surface area contributed by atoms with Gasteiger partial charge >= 0.3 is 0 Å². The molecule has 1 N–H and O–H groups in total. The Hall–Kier alpha value is -2.98. The molecular formula is C22H23BrN2O4. The van der Waals surface area contributed by atoms with Crippen LogP contribution in [0.4, 0.5) is 0 Å². The van der Waals surface area contributed by atoms with Gasteiger partial charge in [-0.2, -0.15) is 5.10 Å². The number of halogens is 1. The summed E-state index contributed by atoms with van der Waals surface area (Å²) in [5.41, 5.74) is 3.71. The minimum atomic E-state index is -0.318. The van der Waals surface area contributed by atoms with E-state index in [1.807, 2.05) is 13.8 Å². The van der Waals surface area contributed by atoms with E-state index in [0.717, 1.165) is 17.7 Å². The van der Waals surface area contributed by atoms with Crippen molar-refractivity contribution in [2.75, 3.05) is 19.8 Å². The lowest BCUT2D eigenvalue weighted by Gasteiger charge is -2.13. The Bertz CT molecular complexity index is 889. The lowest BCUT2D eigenvalue weighted by atomic mass is 10.2. The minimum absolute atomic E-state index is 0.129. The van der Waals surface area contributed by atoms with Crippen LogP contribution in [0.1, 0.15) is 36.2 Å². The molecule has 6 nitrogen and oxygen atoms in total. The number of ether oxygens (including phenoxy) is 3. The van der Waals surface area contributed by atoms with Crippen LogP contribution in [0.15, 0.2) is 46.0 Å². The highest BCUT2D eigenvalue weighted by molar-refractivity contribution is 9.10. The molecule has 0 unspecified atom stereocenters. The number of rotatable bonds is 10. The fourth-order valence-corrected chi connectivity index (χ4v) is 2.91. The van der Waals surface area contributed by atoms with Gasteiger partial charge in [-0.3, -0.25) is 4.79 Å². The van der Waals surface area contributed by atoms with E-state index in [1.165, 1.54) is 6.21 Å². The first-order chi connectivity index (χ1) is 14.1. The number of nitrogens with one attached hydrogen (secondary N) is 1. The van der Waals surface area contributed by atoms with Gasteiger partial charge < -0.3 is 14.2 Å². The van der Waals surface area contributed by atoms with Crippen LogP contribution in [0.3, 0.4) is 0 Å². The van der Waals surface area contributed by atoms with Gasteiger partial charge in [0.25, 0.3) is 5.91 Å². The summed E-state index contributed by atoms with van der Waals surface area (Å²) in [4.78, 5) is 12.2. The van der Waals surface area contributed by atoms with Gasteiger partial charge in [0.1, 0.15) is 12.4 Å². The maximum Gasteiger partial charge on any atom is 0.271 e. The molecule has 0 aromatic heterocycles. The Kier molecular flexibility index (Phi) is 9.06. The molecule has 0 saturated carbocycles. The molecule has 0 bridgehead atoms. The third-order valence-electron chi connectivity index (χ3n) is 3.60. The topological polar surface area (TPSA) is 69.2 Å². The van der Waals surface area contributed by atoms with Crippen molar-refractivity contribution >= 4 is 28.1 Å². The highest BCUT2D eigenvalue weighted by Gasteiger charge is 2.11. The van der Waals surface area contributed by atoms with E-state index in [1.54, 1.807) is 36.4 Å². The van der Waals surface area contributed by atoms with Crippen molar-refractivity contribution in [1.82, 2.24) is 5.43 Å². The molecule has 2 aromatic rings. The molecule has 7 heteroatoms. The van der Waals surface area contributed by atoms with Crippen molar-refractivity contribution in [2.45, 2.75) is 20.3 Å². The smallest absolute Gasteiger partial charge is 0.271 e. The number of benzene rings is 2. The highest BCUT2D eigenvalue weighted by Crippen LogP contribution is 2.36. The zero-order valence-corrected chi connectivity index (χ0v) is 18.0. The standard InChI is InChI=1S/C22H23BrN2O4/c1-4-11-28-18-9-7-17(8-10-18)22(26)25-24-15-16-13-19(23)21(29-12-5-2)20(14-16)27-6-3/h2,7-10,13-15H,4,6,11-12H2,1,3H3,(H,25,26)/b24-15-. The second-order valence-corrected chi connectivity index (χ2v) is 6.68. The van der Waals surface area contributed by atoms with Crippen molar-refractivity contribution in [3.05, 3.63) is 52.0 Å². The zero-order valence-electron chi connectivity index (χ0n) is 16.4. The quantitative estimate of drug-likeness (QED) is 0.325. The summed E-state index contributed by atoms with van der Waals surface area (Å²) in [5, 5.41) is 4.02. The molecule has 0 aliphatic carbocycles. The highest BCUT2D eigenvalue weighted by atomic mass is 79.9. The number of hydrogen-bond acceptors (Lipinski definition) is 5. The first-order valence-corrected chi connectivity index (χ1v) is 9.97. The van der Waals surface area contributed by atoms with E-state index in [2.05, 4.69) is 32.4 Å². The maximum atomic E-state index is 12.2. The number of carbonyl (C=O) groups excluding carboxylic acids is 1. The molecule has 0 heterocycles. The summed E-state index contributed by atoms with van der Waals surface area (Å²) in [5.74, 6) is 3.89. The maximum absolute atomic E-state index is 12.2. The molecule has 0 fully saturated rings. The number of hydrazone groups is 1. The van der Waals surface area contributed by atoms with Crippen molar-refractivity contribution in [1.29, 1.82) is 0 Å². The second kappa shape index (κ2) is 11.8. The molecule has 152 valence electrons. The summed E-state index contributed by atoms with van der Waals surface area (Å²) in [6.45, 7) is 5.15. The summed E-state index contributed by atoms with van der Waals surface area (Å²) in [7, 11) is 0. The lowest BCUT2D eigenvalue weighted by Crippen LogP contribution is -2.17. The number of amides is 1. The molecule has 0 atom stereocenters. The van der Waals surface area contributed by atoms with Crippen LogP contribution >= 0.6 is 15.9 Å². The van der Waals surface area contributed by atoms with Gasteiger partial charge in [-0.1, -0.05) is 12.8 Å². The molecule has 0 saturated heterocycles. The Labute approximate surface area is 179 Å². The van der Waals surface area contributed by atoms with Crippen LogP contribution in [0.25, 0.3) is 0 Å².